The number of hydrazine groups is 2. The van der Waals surface area contributed by atoms with Crippen LogP contribution in [-0.2, 0) is 4.74 Å². The van der Waals surface area contributed by atoms with Gasteiger partial charge in [0.25, 0.3) is 0 Å². The maximum Gasteiger partial charge on any atom is 0.0999 e. The minimum Gasteiger partial charge on any atom is -0.399 e. The van der Waals surface area contributed by atoms with Gasteiger partial charge in [-0.2, -0.15) is 5.12 Å². The number of nitrogen functional groups attached to an aromatic ring is 1. The smallest absolute Gasteiger partial charge is 0.0999 e. The standard InChI is InChI=1S/C16H18ClN5O/c17-14-9-11(18)10-15-16(14)20-22(19-15)13-3-1-12(2-4-13)21-5-7-23-8-6-21/h1-4,9-10,19-20H,5-8,18H2. The van der Waals surface area contributed by atoms with E-state index >= 15 is 0 Å². The molecule has 0 bridgehead atoms. The highest BCUT2D eigenvalue weighted by Crippen LogP contribution is 2.39. The van der Waals surface area contributed by atoms with E-state index in [2.05, 4.69) is 40.0 Å². The Hall–Kier alpha value is -2.31. The summed E-state index contributed by atoms with van der Waals surface area (Å²) in [7, 11) is 0. The molecular formula is C16H18ClN5O. The lowest BCUT2D eigenvalue weighted by Crippen LogP contribution is -2.36. The molecule has 0 atom stereocenters. The Balaban J connectivity index is 1.52. The van der Waals surface area contributed by atoms with E-state index < -0.39 is 0 Å². The quantitative estimate of drug-likeness (QED) is 0.735. The lowest BCUT2D eigenvalue weighted by molar-refractivity contribution is 0.122. The fourth-order valence-corrected chi connectivity index (χ4v) is 3.12. The number of nitrogens with one attached hydrogen (secondary N) is 2. The molecule has 1 saturated heterocycles. The summed E-state index contributed by atoms with van der Waals surface area (Å²) in [5.74, 6) is 0. The predicted octanol–water partition coefficient (Wildman–Crippen LogP) is 2.93. The second-order valence-electron chi connectivity index (χ2n) is 5.60. The van der Waals surface area contributed by atoms with E-state index in [4.69, 9.17) is 22.1 Å². The number of benzene rings is 2. The molecule has 1 fully saturated rings. The normalized spacial score (nSPS) is 16.7. The monoisotopic (exact) mass is 331 g/mol. The summed E-state index contributed by atoms with van der Waals surface area (Å²) in [4.78, 5) is 2.32. The van der Waals surface area contributed by atoms with Gasteiger partial charge in [-0.1, -0.05) is 11.6 Å². The van der Waals surface area contributed by atoms with Crippen LogP contribution >= 0.6 is 11.6 Å². The van der Waals surface area contributed by atoms with Gasteiger partial charge in [-0.3, -0.25) is 10.9 Å². The highest BCUT2D eigenvalue weighted by molar-refractivity contribution is 6.34. The van der Waals surface area contributed by atoms with Crippen molar-refractivity contribution >= 4 is 40.0 Å². The van der Waals surface area contributed by atoms with Gasteiger partial charge in [0.05, 0.1) is 35.3 Å². The van der Waals surface area contributed by atoms with Crippen molar-refractivity contribution in [2.75, 3.05) is 52.9 Å². The Bertz CT molecular complexity index is 715. The first-order valence-electron chi connectivity index (χ1n) is 7.56. The Kier molecular flexibility index (Phi) is 3.55. The van der Waals surface area contributed by atoms with Crippen LogP contribution in [0.1, 0.15) is 0 Å². The number of halogens is 1. The van der Waals surface area contributed by atoms with E-state index in [0.29, 0.717) is 10.7 Å². The van der Waals surface area contributed by atoms with Crippen molar-refractivity contribution in [3.8, 4) is 0 Å². The van der Waals surface area contributed by atoms with Crippen LogP contribution in [0.5, 0.6) is 0 Å². The molecule has 2 aliphatic rings. The molecule has 23 heavy (non-hydrogen) atoms. The number of nitrogens with zero attached hydrogens (tertiary/aromatic N) is 2. The molecule has 6 nitrogen and oxygen atoms in total. The highest BCUT2D eigenvalue weighted by Gasteiger charge is 2.21. The van der Waals surface area contributed by atoms with Crippen molar-refractivity contribution in [3.63, 3.8) is 0 Å². The molecule has 0 amide bonds. The second kappa shape index (κ2) is 5.72. The zero-order chi connectivity index (χ0) is 15.8. The maximum absolute atomic E-state index is 6.23. The van der Waals surface area contributed by atoms with E-state index in [1.807, 2.05) is 11.2 Å². The minimum absolute atomic E-state index is 0.597. The number of hydrogen-bond donors (Lipinski definition) is 3. The van der Waals surface area contributed by atoms with Crippen LogP contribution in [-0.4, -0.2) is 26.3 Å². The lowest BCUT2D eigenvalue weighted by Gasteiger charge is -2.29. The first kappa shape index (κ1) is 14.3. The molecule has 0 spiro atoms. The maximum atomic E-state index is 6.23. The van der Waals surface area contributed by atoms with Gasteiger partial charge in [0.1, 0.15) is 0 Å². The van der Waals surface area contributed by atoms with Gasteiger partial charge < -0.3 is 15.4 Å². The topological polar surface area (TPSA) is 65.8 Å². The van der Waals surface area contributed by atoms with Crippen LogP contribution in [0.15, 0.2) is 36.4 Å². The van der Waals surface area contributed by atoms with Gasteiger partial charge in [0.15, 0.2) is 0 Å². The van der Waals surface area contributed by atoms with Gasteiger partial charge in [0.2, 0.25) is 0 Å². The van der Waals surface area contributed by atoms with Crippen LogP contribution in [0.3, 0.4) is 0 Å². The van der Waals surface area contributed by atoms with Crippen molar-refractivity contribution in [2.24, 2.45) is 0 Å². The van der Waals surface area contributed by atoms with Crippen molar-refractivity contribution in [1.29, 1.82) is 0 Å². The number of rotatable bonds is 2. The van der Waals surface area contributed by atoms with E-state index in [0.717, 1.165) is 43.4 Å². The predicted molar refractivity (Wildman–Crippen MR) is 95.1 cm³/mol. The molecule has 0 saturated carbocycles. The van der Waals surface area contributed by atoms with Gasteiger partial charge in [-0.05, 0) is 36.4 Å². The SMILES string of the molecule is Nc1cc(Cl)c2c(c1)NN(c1ccc(N3CCOCC3)cc1)N2. The fourth-order valence-electron chi connectivity index (χ4n) is 2.85. The molecule has 120 valence electrons. The number of ether oxygens (including phenoxy) is 1. The first-order valence-corrected chi connectivity index (χ1v) is 7.94. The van der Waals surface area contributed by atoms with Gasteiger partial charge >= 0.3 is 0 Å². The number of hydrogen-bond acceptors (Lipinski definition) is 6. The van der Waals surface area contributed by atoms with Crippen molar-refractivity contribution in [1.82, 2.24) is 0 Å². The Morgan fingerprint density at radius 1 is 1.00 bits per heavy atom. The first-order chi connectivity index (χ1) is 11.2. The summed E-state index contributed by atoms with van der Waals surface area (Å²) in [5.41, 5.74) is 16.9. The van der Waals surface area contributed by atoms with E-state index in [1.165, 1.54) is 5.69 Å². The van der Waals surface area contributed by atoms with Gasteiger partial charge in [-0.15, -0.1) is 0 Å². The van der Waals surface area contributed by atoms with Crippen molar-refractivity contribution < 1.29 is 4.74 Å². The van der Waals surface area contributed by atoms with Gasteiger partial charge in [-0.25, -0.2) is 0 Å². The lowest BCUT2D eigenvalue weighted by atomic mass is 10.2. The van der Waals surface area contributed by atoms with Crippen LogP contribution in [0, 0.1) is 0 Å². The summed E-state index contributed by atoms with van der Waals surface area (Å²) >= 11 is 6.23. The molecule has 7 heteroatoms. The van der Waals surface area contributed by atoms with Crippen LogP contribution < -0.4 is 26.6 Å². The van der Waals surface area contributed by atoms with E-state index in [-0.39, 0.29) is 0 Å². The molecule has 0 aliphatic carbocycles. The van der Waals surface area contributed by atoms with E-state index in [9.17, 15) is 0 Å². The molecule has 0 aromatic heterocycles. The average molecular weight is 332 g/mol. The van der Waals surface area contributed by atoms with Crippen molar-refractivity contribution in [3.05, 3.63) is 41.4 Å². The summed E-state index contributed by atoms with van der Waals surface area (Å²) in [6.07, 6.45) is 0. The zero-order valence-corrected chi connectivity index (χ0v) is 13.3. The number of anilines is 5. The second-order valence-corrected chi connectivity index (χ2v) is 6.01. The van der Waals surface area contributed by atoms with E-state index in [1.54, 1.807) is 6.07 Å². The molecular weight excluding hydrogens is 314 g/mol. The molecule has 2 aliphatic heterocycles. The largest absolute Gasteiger partial charge is 0.399 e. The van der Waals surface area contributed by atoms with Crippen LogP contribution in [0.25, 0.3) is 0 Å². The number of fused-ring (bicyclic) bond motifs is 1. The molecule has 4 rings (SSSR count). The molecule has 0 unspecified atom stereocenters. The third-order valence-corrected chi connectivity index (χ3v) is 4.35. The zero-order valence-electron chi connectivity index (χ0n) is 12.6. The molecule has 4 N–H and O–H groups in total. The summed E-state index contributed by atoms with van der Waals surface area (Å²) < 4.78 is 5.39. The summed E-state index contributed by atoms with van der Waals surface area (Å²) in [6, 6.07) is 11.9. The number of morpholine rings is 1. The van der Waals surface area contributed by atoms with Crippen LogP contribution in [0.4, 0.5) is 28.4 Å². The van der Waals surface area contributed by atoms with Gasteiger partial charge in [0, 0.05) is 24.5 Å². The molecule has 2 aromatic carbocycles. The molecule has 2 aromatic rings. The molecule has 2 heterocycles. The third kappa shape index (κ3) is 2.71. The Morgan fingerprint density at radius 2 is 1.70 bits per heavy atom. The Morgan fingerprint density at radius 3 is 2.43 bits per heavy atom. The van der Waals surface area contributed by atoms with Crippen molar-refractivity contribution in [2.45, 2.75) is 0 Å². The third-order valence-electron chi connectivity index (χ3n) is 4.05. The number of nitrogens with two attached hydrogens (primary N) is 1. The van der Waals surface area contributed by atoms with Crippen LogP contribution in [0.2, 0.25) is 5.02 Å². The Labute approximate surface area is 139 Å². The molecule has 0 radical (unpaired) electrons. The average Bonchev–Trinajstić information content (AvgIpc) is 3.00. The summed E-state index contributed by atoms with van der Waals surface area (Å²) in [5, 5.41) is 2.43. The highest BCUT2D eigenvalue weighted by atomic mass is 35.5. The summed E-state index contributed by atoms with van der Waals surface area (Å²) in [6.45, 7) is 3.43. The fraction of sp³-hybridized carbons (Fsp3) is 0.250. The minimum atomic E-state index is 0.597.